The maximum atomic E-state index is 10.4. The zero-order valence-corrected chi connectivity index (χ0v) is 29.2. The molecule has 3 fully saturated rings. The lowest BCUT2D eigenvalue weighted by atomic mass is 9.87. The number of amides is 2. The van der Waals surface area contributed by atoms with Gasteiger partial charge in [-0.3, -0.25) is 19.4 Å². The number of benzene rings is 3. The number of carbonyl (C=O) groups is 4. The van der Waals surface area contributed by atoms with Crippen LogP contribution in [0.15, 0.2) is 78.9 Å². The van der Waals surface area contributed by atoms with Crippen LogP contribution in [-0.2, 0) is 31.1 Å². The van der Waals surface area contributed by atoms with Crippen LogP contribution in [0.3, 0.4) is 0 Å². The monoisotopic (exact) mass is 690 g/mol. The molecule has 0 saturated carbocycles. The molecule has 3 aliphatic heterocycles. The minimum absolute atomic E-state index is 0.164. The van der Waals surface area contributed by atoms with Gasteiger partial charge in [0.25, 0.3) is 0 Å². The van der Waals surface area contributed by atoms with Crippen LogP contribution in [0.4, 0.5) is 0 Å². The second-order valence-electron chi connectivity index (χ2n) is 13.6. The van der Waals surface area contributed by atoms with E-state index in [9.17, 15) is 19.2 Å². The van der Waals surface area contributed by atoms with E-state index in [1.807, 2.05) is 12.1 Å². The minimum Gasteiger partial charge on any atom is -0.480 e. The number of carboxylic acids is 2. The van der Waals surface area contributed by atoms with Gasteiger partial charge in [-0.05, 0) is 52.6 Å². The summed E-state index contributed by atoms with van der Waals surface area (Å²) in [6, 6.07) is 27.3. The van der Waals surface area contributed by atoms with Gasteiger partial charge in [0, 0.05) is 50.6 Å². The SMILES string of the molecule is CC(C)(C)c1ccc(CN2CCN(C(c3ccccc3)c3ccc(Cl)cc3)CC2)cc1.O=C1CC[C@@H](C(=O)O)N1.O=C1CC[C@@H](C(=O)O)N1. The first kappa shape index (κ1) is 37.6. The number of nitrogens with one attached hydrogen (secondary N) is 2. The Kier molecular flexibility index (Phi) is 13.4. The largest absolute Gasteiger partial charge is 0.480 e. The van der Waals surface area contributed by atoms with Crippen molar-refractivity contribution in [2.75, 3.05) is 26.2 Å². The molecule has 0 bridgehead atoms. The van der Waals surface area contributed by atoms with Crippen LogP contribution in [0.2, 0.25) is 5.02 Å². The van der Waals surface area contributed by atoms with Crippen LogP contribution >= 0.6 is 11.6 Å². The van der Waals surface area contributed by atoms with Crippen molar-refractivity contribution >= 4 is 35.4 Å². The van der Waals surface area contributed by atoms with E-state index in [4.69, 9.17) is 21.8 Å². The Morgan fingerprint density at radius 1 is 0.755 bits per heavy atom. The summed E-state index contributed by atoms with van der Waals surface area (Å²) in [5, 5.41) is 22.1. The van der Waals surface area contributed by atoms with Gasteiger partial charge in [-0.2, -0.15) is 0 Å². The van der Waals surface area contributed by atoms with E-state index < -0.39 is 24.0 Å². The zero-order chi connectivity index (χ0) is 35.6. The molecule has 6 rings (SSSR count). The van der Waals surface area contributed by atoms with Crippen LogP contribution < -0.4 is 10.6 Å². The highest BCUT2D eigenvalue weighted by Crippen LogP contribution is 2.31. The van der Waals surface area contributed by atoms with E-state index in [1.54, 1.807) is 0 Å². The van der Waals surface area contributed by atoms with Crippen molar-refractivity contribution in [3.8, 4) is 0 Å². The second-order valence-corrected chi connectivity index (χ2v) is 14.1. The number of nitrogens with zero attached hydrogens (tertiary/aromatic N) is 2. The molecule has 4 N–H and O–H groups in total. The van der Waals surface area contributed by atoms with Crippen LogP contribution in [0.1, 0.15) is 74.8 Å². The number of halogens is 1. The Morgan fingerprint density at radius 2 is 1.24 bits per heavy atom. The van der Waals surface area contributed by atoms with Gasteiger partial charge in [-0.25, -0.2) is 9.59 Å². The highest BCUT2D eigenvalue weighted by atomic mass is 35.5. The minimum atomic E-state index is -0.944. The molecule has 3 saturated heterocycles. The van der Waals surface area contributed by atoms with Crippen molar-refractivity contribution in [1.29, 1.82) is 0 Å². The molecule has 3 heterocycles. The number of rotatable bonds is 7. The number of hydrogen-bond acceptors (Lipinski definition) is 6. The van der Waals surface area contributed by atoms with Gasteiger partial charge in [-0.15, -0.1) is 0 Å². The summed E-state index contributed by atoms with van der Waals surface area (Å²) in [6.45, 7) is 12.1. The van der Waals surface area contributed by atoms with Gasteiger partial charge in [0.05, 0.1) is 6.04 Å². The van der Waals surface area contributed by atoms with Gasteiger partial charge in [0.15, 0.2) is 0 Å². The number of carboxylic acid groups (broad SMARTS) is 2. The Balaban J connectivity index is 0.000000243. The Bertz CT molecular complexity index is 1520. The Hall–Kier alpha value is -4.25. The number of hydrogen-bond donors (Lipinski definition) is 4. The predicted octanol–water partition coefficient (Wildman–Crippen LogP) is 5.24. The van der Waals surface area contributed by atoms with Crippen molar-refractivity contribution in [2.24, 2.45) is 0 Å². The zero-order valence-electron chi connectivity index (χ0n) is 28.4. The molecule has 0 aromatic heterocycles. The van der Waals surface area contributed by atoms with Crippen molar-refractivity contribution in [1.82, 2.24) is 20.4 Å². The summed E-state index contributed by atoms with van der Waals surface area (Å²) in [6.07, 6.45) is 1.54. The van der Waals surface area contributed by atoms with E-state index in [2.05, 4.69) is 108 Å². The van der Waals surface area contributed by atoms with Crippen LogP contribution in [0.25, 0.3) is 0 Å². The van der Waals surface area contributed by atoms with E-state index in [0.717, 1.165) is 37.7 Å². The maximum Gasteiger partial charge on any atom is 0.326 e. The molecule has 3 aromatic carbocycles. The van der Waals surface area contributed by atoms with Crippen molar-refractivity contribution in [2.45, 2.75) is 76.5 Å². The van der Waals surface area contributed by atoms with Crippen molar-refractivity contribution in [3.63, 3.8) is 0 Å². The lowest BCUT2D eigenvalue weighted by Crippen LogP contribution is -2.47. The molecule has 3 atom stereocenters. The summed E-state index contributed by atoms with van der Waals surface area (Å²) in [5.41, 5.74) is 5.66. The average molecular weight is 691 g/mol. The average Bonchev–Trinajstić information content (AvgIpc) is 3.72. The van der Waals surface area contributed by atoms with E-state index in [-0.39, 0.29) is 23.3 Å². The van der Waals surface area contributed by atoms with Crippen molar-refractivity contribution in [3.05, 3.63) is 106 Å². The molecule has 49 heavy (non-hydrogen) atoms. The predicted molar refractivity (Wildman–Crippen MR) is 189 cm³/mol. The summed E-state index contributed by atoms with van der Waals surface area (Å²) >= 11 is 6.16. The summed E-state index contributed by atoms with van der Waals surface area (Å²) in [4.78, 5) is 46.2. The topological polar surface area (TPSA) is 139 Å². The summed E-state index contributed by atoms with van der Waals surface area (Å²) < 4.78 is 0. The van der Waals surface area contributed by atoms with Gasteiger partial charge >= 0.3 is 11.9 Å². The third-order valence-corrected chi connectivity index (χ3v) is 9.14. The first-order chi connectivity index (χ1) is 23.3. The van der Waals surface area contributed by atoms with Gasteiger partial charge in [0.1, 0.15) is 12.1 Å². The van der Waals surface area contributed by atoms with Crippen LogP contribution in [0.5, 0.6) is 0 Å². The van der Waals surface area contributed by atoms with E-state index >= 15 is 0 Å². The Labute approximate surface area is 293 Å². The Morgan fingerprint density at radius 3 is 1.65 bits per heavy atom. The second kappa shape index (κ2) is 17.4. The molecular formula is C38H47ClN4O6. The smallest absolute Gasteiger partial charge is 0.326 e. The van der Waals surface area contributed by atoms with E-state index in [1.165, 1.54) is 22.3 Å². The first-order valence-corrected chi connectivity index (χ1v) is 17.1. The molecule has 10 nitrogen and oxygen atoms in total. The number of carbonyl (C=O) groups excluding carboxylic acids is 2. The van der Waals surface area contributed by atoms with E-state index in [0.29, 0.717) is 25.7 Å². The molecule has 0 spiro atoms. The van der Waals surface area contributed by atoms with Crippen LogP contribution in [0, 0.1) is 0 Å². The highest BCUT2D eigenvalue weighted by Gasteiger charge is 2.28. The van der Waals surface area contributed by atoms with Gasteiger partial charge in [0.2, 0.25) is 11.8 Å². The fourth-order valence-corrected chi connectivity index (χ4v) is 6.17. The van der Waals surface area contributed by atoms with Crippen molar-refractivity contribution < 1.29 is 29.4 Å². The lowest BCUT2D eigenvalue weighted by Gasteiger charge is -2.40. The third-order valence-electron chi connectivity index (χ3n) is 8.89. The first-order valence-electron chi connectivity index (χ1n) is 16.7. The molecule has 0 aliphatic carbocycles. The molecule has 1 unspecified atom stereocenters. The molecular weight excluding hydrogens is 644 g/mol. The molecule has 2 amide bonds. The highest BCUT2D eigenvalue weighted by molar-refractivity contribution is 6.30. The molecule has 11 heteroatoms. The van der Waals surface area contributed by atoms with Gasteiger partial charge < -0.3 is 20.8 Å². The fraction of sp³-hybridized carbons (Fsp3) is 0.421. The standard InChI is InChI=1S/C28H33ClN2.2C5H7NO3/c1-28(2,3)25-13-9-22(10-14-25)21-30-17-19-31(20-18-30)27(23-7-5-4-6-8-23)24-11-15-26(29)16-12-24;2*7-4-2-1-3(6-4)5(8)9/h4-16,27H,17-21H2,1-3H3;2*3H,1-2H2,(H,6,7)(H,8,9)/t;2*3-/m.00/s1. The number of aliphatic carboxylic acids is 2. The normalized spacial score (nSPS) is 20.2. The molecule has 0 radical (unpaired) electrons. The number of piperazine rings is 1. The molecule has 3 aromatic rings. The lowest BCUT2D eigenvalue weighted by molar-refractivity contribution is -0.140. The fourth-order valence-electron chi connectivity index (χ4n) is 6.04. The summed E-state index contributed by atoms with van der Waals surface area (Å²) in [7, 11) is 0. The maximum absolute atomic E-state index is 10.4. The van der Waals surface area contributed by atoms with Gasteiger partial charge in [-0.1, -0.05) is 99.1 Å². The third kappa shape index (κ3) is 11.4. The van der Waals surface area contributed by atoms with Crippen LogP contribution in [-0.4, -0.2) is 82.0 Å². The molecule has 3 aliphatic rings. The summed E-state index contributed by atoms with van der Waals surface area (Å²) in [5.74, 6) is -2.22. The quantitative estimate of drug-likeness (QED) is 0.264. The molecule has 262 valence electrons.